The Hall–Kier alpha value is -2.64. The first kappa shape index (κ1) is 37.2. The van der Waals surface area contributed by atoms with Crippen LogP contribution in [0.25, 0.3) is 11.1 Å². The van der Waals surface area contributed by atoms with Crippen LogP contribution in [0, 0.1) is 11.8 Å². The summed E-state index contributed by atoms with van der Waals surface area (Å²) in [5.41, 5.74) is 1.09. The van der Waals surface area contributed by atoms with Crippen LogP contribution in [0.3, 0.4) is 0 Å². The molecule has 4 atom stereocenters. The second-order valence-electron chi connectivity index (χ2n) is 14.3. The van der Waals surface area contributed by atoms with Crippen LogP contribution >= 0.6 is 47.8 Å². The predicted octanol–water partition coefficient (Wildman–Crippen LogP) is 9.70. The monoisotopic (exact) mass is 840 g/mol. The molecule has 2 aliphatic heterocycles. The zero-order valence-electron chi connectivity index (χ0n) is 28.0. The normalized spacial score (nSPS) is 21.3. The van der Waals surface area contributed by atoms with Crippen molar-refractivity contribution in [3.8, 4) is 0 Å². The number of aromatic nitrogens is 1. The average molecular weight is 843 g/mol. The third-order valence-corrected chi connectivity index (χ3v) is 9.06. The number of ether oxygens (including phenoxy) is 2. The van der Waals surface area contributed by atoms with Crippen LogP contribution in [0.5, 0.6) is 0 Å². The number of carbonyl (C=O) groups excluding carboxylic acids is 3. The minimum atomic E-state index is -0.585. The fraction of sp³-hybridized carbons (Fsp3) is 0.529. The highest BCUT2D eigenvalue weighted by atomic mass is 79.9. The van der Waals surface area contributed by atoms with Crippen LogP contribution in [-0.4, -0.2) is 63.2 Å². The molecule has 0 bridgehead atoms. The molecule has 47 heavy (non-hydrogen) atoms. The van der Waals surface area contributed by atoms with Crippen molar-refractivity contribution in [1.29, 1.82) is 0 Å². The summed E-state index contributed by atoms with van der Waals surface area (Å²) in [7, 11) is 0. The van der Waals surface area contributed by atoms with Gasteiger partial charge in [0.2, 0.25) is 11.8 Å². The van der Waals surface area contributed by atoms with Gasteiger partial charge in [-0.15, -0.1) is 0 Å². The van der Waals surface area contributed by atoms with E-state index in [0.717, 1.165) is 30.9 Å². The van der Waals surface area contributed by atoms with E-state index in [1.54, 1.807) is 4.90 Å². The van der Waals surface area contributed by atoms with Gasteiger partial charge >= 0.3 is 12.2 Å². The number of carbonyl (C=O) groups is 3. The van der Waals surface area contributed by atoms with Crippen molar-refractivity contribution in [2.24, 2.45) is 11.8 Å². The smallest absolute Gasteiger partial charge is 0.410 e. The Labute approximate surface area is 301 Å². The molecular formula is C34H43Br3N4O6. The molecule has 2 aromatic carbocycles. The van der Waals surface area contributed by atoms with Gasteiger partial charge in [-0.25, -0.2) is 14.6 Å². The van der Waals surface area contributed by atoms with E-state index in [2.05, 4.69) is 65.0 Å². The van der Waals surface area contributed by atoms with E-state index < -0.39 is 23.3 Å². The van der Waals surface area contributed by atoms with Crippen LogP contribution in [0.2, 0.25) is 0 Å². The molecule has 3 aromatic rings. The summed E-state index contributed by atoms with van der Waals surface area (Å²) >= 11 is 10.2. The van der Waals surface area contributed by atoms with Crippen LogP contribution in [0.1, 0.15) is 80.2 Å². The van der Waals surface area contributed by atoms with Crippen LogP contribution in [0.15, 0.2) is 54.2 Å². The largest absolute Gasteiger partial charge is 0.444 e. The Morgan fingerprint density at radius 3 is 2.00 bits per heavy atom. The standard InChI is InChI=1S/C17H22Br2N2O3.C17H21BrN2O3/c1-10-7-14(21(9-10)16(23)24-17(2,3)4)15(22)20-13-6-5-11(18)8-12(13)19;1-10-7-13(20(9-10)16(21)23-17(2,3)4)15-19-12-6-5-11(18)8-14(12)22-15/h5-6,8,10,14H,7,9H2,1-4H3,(H,20,22);5-6,8,10,13H,7,9H2,1-4H3/t10-,14-;10-,13-/m00/s1. The highest BCUT2D eigenvalue weighted by Gasteiger charge is 2.41. The first-order chi connectivity index (χ1) is 21.8. The molecule has 0 unspecified atom stereocenters. The number of nitrogens with one attached hydrogen (secondary N) is 1. The molecule has 3 heterocycles. The average Bonchev–Trinajstić information content (AvgIpc) is 3.64. The van der Waals surface area contributed by atoms with Crippen molar-refractivity contribution in [1.82, 2.24) is 14.8 Å². The fourth-order valence-corrected chi connectivity index (χ4v) is 6.97. The Morgan fingerprint density at radius 2 is 1.38 bits per heavy atom. The van der Waals surface area contributed by atoms with Gasteiger partial charge in [0, 0.05) is 26.5 Å². The molecule has 1 aromatic heterocycles. The third kappa shape index (κ3) is 10.2. The van der Waals surface area contributed by atoms with Gasteiger partial charge in [0.15, 0.2) is 5.58 Å². The fourth-order valence-electron chi connectivity index (χ4n) is 5.48. The van der Waals surface area contributed by atoms with E-state index in [9.17, 15) is 14.4 Å². The van der Waals surface area contributed by atoms with Crippen LogP contribution in [0.4, 0.5) is 15.3 Å². The predicted molar refractivity (Wildman–Crippen MR) is 192 cm³/mol. The molecule has 2 aliphatic rings. The Bertz CT molecular complexity index is 1620. The van der Waals surface area contributed by atoms with Crippen molar-refractivity contribution in [2.75, 3.05) is 18.4 Å². The van der Waals surface area contributed by atoms with Gasteiger partial charge in [0.25, 0.3) is 0 Å². The summed E-state index contributed by atoms with van der Waals surface area (Å²) in [6, 6.07) is 10.5. The minimum absolute atomic E-state index is 0.175. The summed E-state index contributed by atoms with van der Waals surface area (Å²) < 4.78 is 19.5. The van der Waals surface area contributed by atoms with Gasteiger partial charge < -0.3 is 19.2 Å². The van der Waals surface area contributed by atoms with Crippen LogP contribution in [-0.2, 0) is 14.3 Å². The van der Waals surface area contributed by atoms with E-state index >= 15 is 0 Å². The van der Waals surface area contributed by atoms with Gasteiger partial charge in [-0.05, 0) is 119 Å². The van der Waals surface area contributed by atoms with Gasteiger partial charge in [-0.1, -0.05) is 45.7 Å². The number of rotatable bonds is 3. The van der Waals surface area contributed by atoms with E-state index in [4.69, 9.17) is 13.9 Å². The maximum Gasteiger partial charge on any atom is 0.410 e. The van der Waals surface area contributed by atoms with Crippen molar-refractivity contribution in [2.45, 2.75) is 91.5 Å². The molecule has 5 rings (SSSR count). The van der Waals surface area contributed by atoms with Crippen LogP contribution < -0.4 is 5.32 Å². The number of fused-ring (bicyclic) bond motifs is 1. The maximum absolute atomic E-state index is 12.7. The molecule has 256 valence electrons. The topological polar surface area (TPSA) is 114 Å². The van der Waals surface area contributed by atoms with Gasteiger partial charge in [-0.3, -0.25) is 14.6 Å². The highest BCUT2D eigenvalue weighted by Crippen LogP contribution is 2.37. The molecule has 1 N–H and O–H groups in total. The molecule has 13 heteroatoms. The second kappa shape index (κ2) is 14.9. The molecule has 0 saturated carbocycles. The number of hydrogen-bond acceptors (Lipinski definition) is 7. The summed E-state index contributed by atoms with van der Waals surface area (Å²) in [5.74, 6) is 1.01. The summed E-state index contributed by atoms with van der Waals surface area (Å²) in [4.78, 5) is 45.4. The number of oxazole rings is 1. The number of anilines is 1. The zero-order chi connectivity index (χ0) is 34.8. The van der Waals surface area contributed by atoms with Gasteiger partial charge in [0.05, 0.1) is 5.69 Å². The quantitative estimate of drug-likeness (QED) is 0.279. The van der Waals surface area contributed by atoms with Gasteiger partial charge in [-0.2, -0.15) is 0 Å². The number of likely N-dealkylation sites (tertiary alicyclic amines) is 2. The number of nitrogens with zero attached hydrogens (tertiary/aromatic N) is 3. The number of benzene rings is 2. The molecular weight excluding hydrogens is 800 g/mol. The minimum Gasteiger partial charge on any atom is -0.444 e. The number of halogens is 3. The lowest BCUT2D eigenvalue weighted by atomic mass is 10.1. The lowest BCUT2D eigenvalue weighted by Gasteiger charge is -2.28. The first-order valence-corrected chi connectivity index (χ1v) is 18.0. The van der Waals surface area contributed by atoms with Crippen molar-refractivity contribution in [3.63, 3.8) is 0 Å². The zero-order valence-corrected chi connectivity index (χ0v) is 32.8. The molecule has 2 fully saturated rings. The molecule has 3 amide bonds. The van der Waals surface area contributed by atoms with Gasteiger partial charge in [0.1, 0.15) is 28.8 Å². The van der Waals surface area contributed by atoms with E-state index in [1.807, 2.05) is 84.9 Å². The Kier molecular flexibility index (Phi) is 11.8. The number of hydrogen-bond donors (Lipinski definition) is 1. The van der Waals surface area contributed by atoms with E-state index in [0.29, 0.717) is 37.0 Å². The summed E-state index contributed by atoms with van der Waals surface area (Å²) in [6.45, 7) is 16.4. The number of amides is 3. The Morgan fingerprint density at radius 1 is 0.830 bits per heavy atom. The van der Waals surface area contributed by atoms with Crippen molar-refractivity contribution < 1.29 is 28.3 Å². The molecule has 0 radical (unpaired) electrons. The van der Waals surface area contributed by atoms with Crippen molar-refractivity contribution >= 4 is 82.7 Å². The van der Waals surface area contributed by atoms with Crippen molar-refractivity contribution in [3.05, 3.63) is 55.7 Å². The third-order valence-electron chi connectivity index (χ3n) is 7.42. The maximum atomic E-state index is 12.7. The highest BCUT2D eigenvalue weighted by molar-refractivity contribution is 9.11. The molecule has 2 saturated heterocycles. The molecule has 0 aliphatic carbocycles. The van der Waals surface area contributed by atoms with E-state index in [-0.39, 0.29) is 24.0 Å². The van der Waals surface area contributed by atoms with E-state index in [1.165, 1.54) is 4.90 Å². The summed E-state index contributed by atoms with van der Waals surface area (Å²) in [5, 5.41) is 2.89. The molecule has 10 nitrogen and oxygen atoms in total. The SMILES string of the molecule is C[C@H]1C[C@@H](C(=O)Nc2ccc(Br)cc2Br)N(C(=O)OC(C)(C)C)C1.C[C@H]1C[C@@H](c2nc3ccc(Br)cc3o2)N(C(=O)OC(C)(C)C)C1. The Balaban J connectivity index is 0.000000213. The summed E-state index contributed by atoms with van der Waals surface area (Å²) in [6.07, 6.45) is 0.698. The lowest BCUT2D eigenvalue weighted by Crippen LogP contribution is -2.45. The first-order valence-electron chi connectivity index (χ1n) is 15.6. The molecule has 0 spiro atoms. The lowest BCUT2D eigenvalue weighted by molar-refractivity contribution is -0.120. The second-order valence-corrected chi connectivity index (χ2v) is 16.9.